The van der Waals surface area contributed by atoms with Gasteiger partial charge in [-0.1, -0.05) is 48.5 Å². The molecule has 3 aromatic carbocycles. The van der Waals surface area contributed by atoms with Crippen LogP contribution in [0.15, 0.2) is 85.2 Å². The number of hydrogen-bond donors (Lipinski definition) is 2. The first-order valence-electron chi connectivity index (χ1n) is 11.7. The third-order valence-corrected chi connectivity index (χ3v) is 6.87. The second-order valence-electron chi connectivity index (χ2n) is 9.01. The van der Waals surface area contributed by atoms with Gasteiger partial charge in [0.05, 0.1) is 24.3 Å². The van der Waals surface area contributed by atoms with Gasteiger partial charge in [0.1, 0.15) is 11.6 Å². The molecule has 1 aliphatic heterocycles. The van der Waals surface area contributed by atoms with Crippen LogP contribution in [0, 0.1) is 0 Å². The number of imidazole rings is 1. The molecule has 170 valence electrons. The fraction of sp³-hybridized carbons (Fsp3) is 0.214. The van der Waals surface area contributed by atoms with Crippen molar-refractivity contribution >= 4 is 11.0 Å². The fourth-order valence-corrected chi connectivity index (χ4v) is 5.12. The van der Waals surface area contributed by atoms with E-state index in [9.17, 15) is 0 Å². The quantitative estimate of drug-likeness (QED) is 0.367. The van der Waals surface area contributed by atoms with Crippen LogP contribution in [0.3, 0.4) is 0 Å². The lowest BCUT2D eigenvalue weighted by atomic mass is 9.88. The Morgan fingerprint density at radius 3 is 2.53 bits per heavy atom. The highest BCUT2D eigenvalue weighted by atomic mass is 16.5. The molecule has 6 nitrogen and oxygen atoms in total. The molecule has 6 rings (SSSR count). The van der Waals surface area contributed by atoms with Gasteiger partial charge in [-0.3, -0.25) is 10.00 Å². The fourth-order valence-electron chi connectivity index (χ4n) is 5.12. The minimum absolute atomic E-state index is 0.280. The van der Waals surface area contributed by atoms with Gasteiger partial charge in [0.15, 0.2) is 0 Å². The summed E-state index contributed by atoms with van der Waals surface area (Å²) in [4.78, 5) is 11.2. The third-order valence-electron chi connectivity index (χ3n) is 6.87. The van der Waals surface area contributed by atoms with Gasteiger partial charge < -0.3 is 9.72 Å². The normalized spacial score (nSPS) is 18.5. The Morgan fingerprint density at radius 1 is 0.941 bits per heavy atom. The number of nitrogens with one attached hydrogen (secondary N) is 2. The molecule has 0 aliphatic carbocycles. The number of ether oxygens (including phenoxy) is 1. The van der Waals surface area contributed by atoms with Gasteiger partial charge in [-0.05, 0) is 41.0 Å². The first kappa shape index (κ1) is 20.7. The van der Waals surface area contributed by atoms with Crippen molar-refractivity contribution in [1.29, 1.82) is 0 Å². The van der Waals surface area contributed by atoms with Gasteiger partial charge in [0.25, 0.3) is 0 Å². The summed E-state index contributed by atoms with van der Waals surface area (Å²) in [6, 6.07) is 25.6. The summed E-state index contributed by atoms with van der Waals surface area (Å²) < 4.78 is 5.39. The van der Waals surface area contributed by atoms with Crippen molar-refractivity contribution in [2.75, 3.05) is 20.2 Å². The SMILES string of the molecule is COc1ccc([C@H]2CN(Cc3ccccc3)C[C@@H]2c2nc3ccc(-c4cn[nH]c4)cc3[nH]2)cc1. The number of aromatic amines is 2. The van der Waals surface area contributed by atoms with Crippen molar-refractivity contribution in [3.63, 3.8) is 0 Å². The van der Waals surface area contributed by atoms with E-state index in [0.29, 0.717) is 5.92 Å². The van der Waals surface area contributed by atoms with Gasteiger partial charge in [-0.2, -0.15) is 5.10 Å². The molecule has 1 fully saturated rings. The van der Waals surface area contributed by atoms with Gasteiger partial charge in [-0.25, -0.2) is 4.98 Å². The minimum Gasteiger partial charge on any atom is -0.497 e. The molecule has 0 radical (unpaired) electrons. The zero-order chi connectivity index (χ0) is 22.9. The molecule has 0 unspecified atom stereocenters. The van der Waals surface area contributed by atoms with E-state index >= 15 is 0 Å². The van der Waals surface area contributed by atoms with Crippen LogP contribution in [0.5, 0.6) is 5.75 Å². The lowest BCUT2D eigenvalue weighted by molar-refractivity contribution is 0.323. The number of H-pyrrole nitrogens is 2. The molecule has 2 N–H and O–H groups in total. The van der Waals surface area contributed by atoms with Crippen molar-refractivity contribution in [3.05, 3.63) is 102 Å². The topological polar surface area (TPSA) is 69.8 Å². The summed E-state index contributed by atoms with van der Waals surface area (Å²) in [7, 11) is 1.71. The molecular formula is C28H27N5O. The molecule has 1 saturated heterocycles. The molecular weight excluding hydrogens is 422 g/mol. The largest absolute Gasteiger partial charge is 0.497 e. The molecule has 6 heteroatoms. The van der Waals surface area contributed by atoms with E-state index in [2.05, 4.69) is 92.9 Å². The summed E-state index contributed by atoms with van der Waals surface area (Å²) in [6.45, 7) is 2.89. The molecule has 1 aliphatic rings. The van der Waals surface area contributed by atoms with Crippen molar-refractivity contribution < 1.29 is 4.74 Å². The van der Waals surface area contributed by atoms with Crippen LogP contribution >= 0.6 is 0 Å². The summed E-state index contributed by atoms with van der Waals surface area (Å²) >= 11 is 0. The van der Waals surface area contributed by atoms with Crippen LogP contribution in [0.4, 0.5) is 0 Å². The average Bonchev–Trinajstić information content (AvgIpc) is 3.64. The Balaban J connectivity index is 1.34. The van der Waals surface area contributed by atoms with Gasteiger partial charge in [0.2, 0.25) is 0 Å². The predicted octanol–water partition coefficient (Wildman–Crippen LogP) is 5.34. The maximum atomic E-state index is 5.39. The van der Waals surface area contributed by atoms with Crippen molar-refractivity contribution in [3.8, 4) is 16.9 Å². The number of methoxy groups -OCH3 is 1. The summed E-state index contributed by atoms with van der Waals surface area (Å²) in [5.74, 6) is 2.57. The highest BCUT2D eigenvalue weighted by molar-refractivity contribution is 5.81. The molecule has 2 aromatic heterocycles. The molecule has 2 atom stereocenters. The lowest BCUT2D eigenvalue weighted by Crippen LogP contribution is -2.20. The molecule has 0 saturated carbocycles. The second kappa shape index (κ2) is 8.80. The zero-order valence-electron chi connectivity index (χ0n) is 19.1. The van der Waals surface area contributed by atoms with E-state index in [0.717, 1.165) is 53.4 Å². The number of fused-ring (bicyclic) bond motifs is 1. The Kier molecular flexibility index (Phi) is 5.35. The predicted molar refractivity (Wildman–Crippen MR) is 134 cm³/mol. The first-order chi connectivity index (χ1) is 16.8. The van der Waals surface area contributed by atoms with Gasteiger partial charge in [0, 0.05) is 43.2 Å². The van der Waals surface area contributed by atoms with E-state index < -0.39 is 0 Å². The van der Waals surface area contributed by atoms with Crippen LogP contribution in [0.1, 0.15) is 28.8 Å². The van der Waals surface area contributed by atoms with E-state index in [1.165, 1.54) is 11.1 Å². The molecule has 0 amide bonds. The van der Waals surface area contributed by atoms with Crippen molar-refractivity contribution in [1.82, 2.24) is 25.1 Å². The van der Waals surface area contributed by atoms with Crippen LogP contribution in [-0.2, 0) is 6.54 Å². The molecule has 5 aromatic rings. The maximum Gasteiger partial charge on any atom is 0.118 e. The Morgan fingerprint density at radius 2 is 1.76 bits per heavy atom. The van der Waals surface area contributed by atoms with Gasteiger partial charge in [-0.15, -0.1) is 0 Å². The monoisotopic (exact) mass is 449 g/mol. The smallest absolute Gasteiger partial charge is 0.118 e. The number of hydrogen-bond acceptors (Lipinski definition) is 4. The second-order valence-corrected chi connectivity index (χ2v) is 9.01. The zero-order valence-corrected chi connectivity index (χ0v) is 19.1. The van der Waals surface area contributed by atoms with Crippen molar-refractivity contribution in [2.45, 2.75) is 18.4 Å². The molecule has 0 spiro atoms. The van der Waals surface area contributed by atoms with E-state index in [1.807, 2.05) is 12.4 Å². The van der Waals surface area contributed by atoms with E-state index in [4.69, 9.17) is 9.72 Å². The number of nitrogens with zero attached hydrogens (tertiary/aromatic N) is 3. The summed E-state index contributed by atoms with van der Waals surface area (Å²) in [5.41, 5.74) is 6.91. The molecule has 34 heavy (non-hydrogen) atoms. The standard InChI is InChI=1S/C28H27N5O/c1-34-23-10-7-20(8-11-23)24-17-33(16-19-5-3-2-4-6-19)18-25(24)28-31-26-12-9-21(13-27(26)32-28)22-14-29-30-15-22/h2-15,24-25H,16-18H2,1H3,(H,29,30)(H,31,32)/t24-,25+/m1/s1. The Bertz CT molecular complexity index is 1380. The Hall–Kier alpha value is -3.90. The van der Waals surface area contributed by atoms with E-state index in [-0.39, 0.29) is 5.92 Å². The maximum absolute atomic E-state index is 5.39. The number of benzene rings is 3. The Labute approximate surface area is 198 Å². The van der Waals surface area contributed by atoms with Crippen LogP contribution < -0.4 is 4.74 Å². The van der Waals surface area contributed by atoms with Gasteiger partial charge >= 0.3 is 0 Å². The van der Waals surface area contributed by atoms with Crippen LogP contribution in [0.25, 0.3) is 22.2 Å². The summed E-state index contributed by atoms with van der Waals surface area (Å²) in [6.07, 6.45) is 3.76. The first-order valence-corrected chi connectivity index (χ1v) is 11.7. The van der Waals surface area contributed by atoms with Crippen LogP contribution in [-0.4, -0.2) is 45.3 Å². The molecule has 0 bridgehead atoms. The number of likely N-dealkylation sites (tertiary alicyclic amines) is 1. The summed E-state index contributed by atoms with van der Waals surface area (Å²) in [5, 5.41) is 6.97. The number of rotatable bonds is 6. The highest BCUT2D eigenvalue weighted by Crippen LogP contribution is 2.40. The minimum atomic E-state index is 0.280. The van der Waals surface area contributed by atoms with Crippen LogP contribution in [0.2, 0.25) is 0 Å². The highest BCUT2D eigenvalue weighted by Gasteiger charge is 2.36. The van der Waals surface area contributed by atoms with E-state index in [1.54, 1.807) is 7.11 Å². The lowest BCUT2D eigenvalue weighted by Gasteiger charge is -2.17. The number of aromatic nitrogens is 4. The third kappa shape index (κ3) is 3.97. The molecule has 3 heterocycles. The van der Waals surface area contributed by atoms with Crippen molar-refractivity contribution in [2.24, 2.45) is 0 Å². The average molecular weight is 450 g/mol.